The van der Waals surface area contributed by atoms with Crippen LogP contribution in [-0.2, 0) is 11.2 Å². The smallest absolute Gasteiger partial charge is 0.257 e. The number of carbonyl (C=O) groups is 1. The van der Waals surface area contributed by atoms with Gasteiger partial charge in [0.2, 0.25) is 0 Å². The monoisotopic (exact) mass is 263 g/mol. The number of benzene rings is 1. The number of rotatable bonds is 6. The lowest BCUT2D eigenvalue weighted by Gasteiger charge is -2.09. The highest BCUT2D eigenvalue weighted by atomic mass is 16.5. The number of fused-ring (bicyclic) bond motifs is 1. The number of nitrogens with one attached hydrogen (secondary N) is 1. The van der Waals surface area contributed by atoms with Crippen molar-refractivity contribution in [3.05, 3.63) is 29.3 Å². The maximum absolute atomic E-state index is 11.5. The highest BCUT2D eigenvalue weighted by Gasteiger charge is 2.20. The Bertz CT molecular complexity index is 445. The largest absolute Gasteiger partial charge is 0.484 e. The van der Waals surface area contributed by atoms with E-state index >= 15 is 0 Å². The minimum Gasteiger partial charge on any atom is -0.484 e. The van der Waals surface area contributed by atoms with Crippen LogP contribution >= 0.6 is 0 Å². The fourth-order valence-corrected chi connectivity index (χ4v) is 2.27. The predicted octanol–water partition coefficient (Wildman–Crippen LogP) is 1.96. The zero-order valence-corrected chi connectivity index (χ0v) is 11.3. The van der Waals surface area contributed by atoms with Crippen LogP contribution in [0.2, 0.25) is 0 Å². The summed E-state index contributed by atoms with van der Waals surface area (Å²) in [7, 11) is 0. The van der Waals surface area contributed by atoms with Crippen molar-refractivity contribution in [2.24, 2.45) is 0 Å². The van der Waals surface area contributed by atoms with E-state index in [0.29, 0.717) is 12.3 Å². The van der Waals surface area contributed by atoms with E-state index in [2.05, 4.69) is 12.2 Å². The van der Waals surface area contributed by atoms with Crippen molar-refractivity contribution < 1.29 is 14.6 Å². The Labute approximate surface area is 113 Å². The highest BCUT2D eigenvalue weighted by Crippen LogP contribution is 2.33. The Balaban J connectivity index is 1.82. The van der Waals surface area contributed by atoms with Gasteiger partial charge in [0.25, 0.3) is 5.91 Å². The summed E-state index contributed by atoms with van der Waals surface area (Å²) in [6.45, 7) is 2.84. The lowest BCUT2D eigenvalue weighted by molar-refractivity contribution is -0.123. The van der Waals surface area contributed by atoms with Gasteiger partial charge in [0.05, 0.1) is 6.10 Å². The average molecular weight is 263 g/mol. The van der Waals surface area contributed by atoms with Gasteiger partial charge in [-0.3, -0.25) is 4.79 Å². The summed E-state index contributed by atoms with van der Waals surface area (Å²) >= 11 is 0. The highest BCUT2D eigenvalue weighted by molar-refractivity contribution is 5.77. The van der Waals surface area contributed by atoms with Gasteiger partial charge in [0.15, 0.2) is 6.61 Å². The molecule has 2 rings (SSSR count). The molecule has 0 fully saturated rings. The average Bonchev–Trinajstić information content (AvgIpc) is 2.78. The number of unbranched alkanes of at least 4 members (excludes halogenated alkanes) is 1. The molecule has 1 aliphatic carbocycles. The third-order valence-corrected chi connectivity index (χ3v) is 3.38. The molecular weight excluding hydrogens is 242 g/mol. The van der Waals surface area contributed by atoms with Crippen LogP contribution in [0.4, 0.5) is 0 Å². The fourth-order valence-electron chi connectivity index (χ4n) is 2.27. The second-order valence-electron chi connectivity index (χ2n) is 4.91. The van der Waals surface area contributed by atoms with Crippen molar-refractivity contribution >= 4 is 5.91 Å². The molecule has 1 amide bonds. The van der Waals surface area contributed by atoms with Crippen molar-refractivity contribution in [2.45, 2.75) is 38.7 Å². The third kappa shape index (κ3) is 3.70. The van der Waals surface area contributed by atoms with Crippen LogP contribution in [0, 0.1) is 0 Å². The molecular formula is C15H21NO3. The van der Waals surface area contributed by atoms with Crippen LogP contribution in [0.5, 0.6) is 5.75 Å². The molecule has 1 aromatic carbocycles. The van der Waals surface area contributed by atoms with Crippen LogP contribution in [0.3, 0.4) is 0 Å². The minimum atomic E-state index is -0.346. The van der Waals surface area contributed by atoms with Gasteiger partial charge in [0, 0.05) is 6.54 Å². The lowest BCUT2D eigenvalue weighted by atomic mass is 10.1. The SMILES string of the molecule is CCCCNC(=O)COc1ccc2c(c1)CC[C@H]2O. The number of hydrogen-bond acceptors (Lipinski definition) is 3. The molecule has 0 aliphatic heterocycles. The number of hydrogen-bond donors (Lipinski definition) is 2. The van der Waals surface area contributed by atoms with Crippen molar-refractivity contribution in [3.8, 4) is 5.75 Å². The summed E-state index contributed by atoms with van der Waals surface area (Å²) in [4.78, 5) is 11.5. The van der Waals surface area contributed by atoms with Crippen LogP contribution in [0.25, 0.3) is 0 Å². The summed E-state index contributed by atoms with van der Waals surface area (Å²) in [6, 6.07) is 5.62. The van der Waals surface area contributed by atoms with Crippen molar-refractivity contribution in [1.29, 1.82) is 0 Å². The van der Waals surface area contributed by atoms with Crippen molar-refractivity contribution in [1.82, 2.24) is 5.32 Å². The number of ether oxygens (including phenoxy) is 1. The van der Waals surface area contributed by atoms with Crippen molar-refractivity contribution in [3.63, 3.8) is 0 Å². The fraction of sp³-hybridized carbons (Fsp3) is 0.533. The number of carbonyl (C=O) groups excluding carboxylic acids is 1. The van der Waals surface area contributed by atoms with E-state index in [9.17, 15) is 9.90 Å². The molecule has 4 heteroatoms. The Hall–Kier alpha value is -1.55. The van der Waals surface area contributed by atoms with Gasteiger partial charge in [-0.1, -0.05) is 19.4 Å². The van der Waals surface area contributed by atoms with Crippen molar-refractivity contribution in [2.75, 3.05) is 13.2 Å². The number of aliphatic hydroxyl groups excluding tert-OH is 1. The molecule has 0 radical (unpaired) electrons. The van der Waals surface area contributed by atoms with E-state index in [0.717, 1.165) is 36.8 Å². The molecule has 0 unspecified atom stereocenters. The van der Waals surface area contributed by atoms with Gasteiger partial charge in [-0.05, 0) is 42.5 Å². The minimum absolute atomic E-state index is 0.0467. The first-order valence-corrected chi connectivity index (χ1v) is 6.91. The molecule has 19 heavy (non-hydrogen) atoms. The number of aryl methyl sites for hydroxylation is 1. The van der Waals surface area contributed by atoms with E-state index in [1.165, 1.54) is 0 Å². The van der Waals surface area contributed by atoms with Gasteiger partial charge < -0.3 is 15.2 Å². The summed E-state index contributed by atoms with van der Waals surface area (Å²) in [5.41, 5.74) is 2.11. The molecule has 0 bridgehead atoms. The predicted molar refractivity (Wildman–Crippen MR) is 73.1 cm³/mol. The molecule has 0 spiro atoms. The molecule has 0 aromatic heterocycles. The summed E-state index contributed by atoms with van der Waals surface area (Å²) in [5, 5.41) is 12.5. The molecule has 104 valence electrons. The molecule has 0 heterocycles. The first-order chi connectivity index (χ1) is 9.20. The molecule has 1 aliphatic rings. The zero-order chi connectivity index (χ0) is 13.7. The Morgan fingerprint density at radius 3 is 3.16 bits per heavy atom. The standard InChI is InChI=1S/C15H21NO3/c1-2-3-8-16-15(18)10-19-12-5-6-13-11(9-12)4-7-14(13)17/h5-6,9,14,17H,2-4,7-8,10H2,1H3,(H,16,18)/t14-/m1/s1. The molecule has 0 saturated heterocycles. The van der Waals surface area contributed by atoms with Gasteiger partial charge >= 0.3 is 0 Å². The molecule has 0 saturated carbocycles. The van der Waals surface area contributed by atoms with Gasteiger partial charge in [0.1, 0.15) is 5.75 Å². The van der Waals surface area contributed by atoms with Gasteiger partial charge in [-0.25, -0.2) is 0 Å². The second kappa shape index (κ2) is 6.57. The number of amides is 1. The summed E-state index contributed by atoms with van der Waals surface area (Å²) in [6.07, 6.45) is 3.35. The Morgan fingerprint density at radius 1 is 1.53 bits per heavy atom. The van der Waals surface area contributed by atoms with E-state index in [1.807, 2.05) is 18.2 Å². The molecule has 1 atom stereocenters. The van der Waals surface area contributed by atoms with Crippen LogP contribution in [0.1, 0.15) is 43.4 Å². The first-order valence-electron chi connectivity index (χ1n) is 6.91. The third-order valence-electron chi connectivity index (χ3n) is 3.38. The molecule has 4 nitrogen and oxygen atoms in total. The Kier molecular flexibility index (Phi) is 4.80. The maximum atomic E-state index is 11.5. The van der Waals surface area contributed by atoms with Gasteiger partial charge in [-0.2, -0.15) is 0 Å². The summed E-state index contributed by atoms with van der Waals surface area (Å²) in [5.74, 6) is 0.604. The van der Waals surface area contributed by atoms with E-state index in [4.69, 9.17) is 4.74 Å². The molecule has 2 N–H and O–H groups in total. The zero-order valence-electron chi connectivity index (χ0n) is 11.3. The van der Waals surface area contributed by atoms with E-state index < -0.39 is 0 Å². The molecule has 1 aromatic rings. The normalized spacial score (nSPS) is 17.1. The summed E-state index contributed by atoms with van der Waals surface area (Å²) < 4.78 is 5.47. The van der Waals surface area contributed by atoms with E-state index in [1.54, 1.807) is 0 Å². The Morgan fingerprint density at radius 2 is 2.37 bits per heavy atom. The topological polar surface area (TPSA) is 58.6 Å². The first kappa shape index (κ1) is 13.9. The van der Waals surface area contributed by atoms with Gasteiger partial charge in [-0.15, -0.1) is 0 Å². The van der Waals surface area contributed by atoms with Crippen LogP contribution < -0.4 is 10.1 Å². The van der Waals surface area contributed by atoms with Crippen LogP contribution in [0.15, 0.2) is 18.2 Å². The van der Waals surface area contributed by atoms with Crippen LogP contribution in [-0.4, -0.2) is 24.2 Å². The van der Waals surface area contributed by atoms with E-state index in [-0.39, 0.29) is 18.6 Å². The lowest BCUT2D eigenvalue weighted by Crippen LogP contribution is -2.29. The number of aliphatic hydroxyl groups is 1. The second-order valence-corrected chi connectivity index (χ2v) is 4.91. The quantitative estimate of drug-likeness (QED) is 0.771. The maximum Gasteiger partial charge on any atom is 0.257 e.